The van der Waals surface area contributed by atoms with Gasteiger partial charge in [-0.1, -0.05) is 18.2 Å². The van der Waals surface area contributed by atoms with Crippen LogP contribution in [0.2, 0.25) is 0 Å². The van der Waals surface area contributed by atoms with Gasteiger partial charge < -0.3 is 10.2 Å². The predicted octanol–water partition coefficient (Wildman–Crippen LogP) is 3.79. The van der Waals surface area contributed by atoms with Crippen LogP contribution in [-0.2, 0) is 17.9 Å². The molecule has 4 rings (SSSR count). The SMILES string of the molecule is O=C(NCc1ccccn1)c1ccc2c(c1)N(Cc1ccc(F)cc1)C(=O)CS2. The number of rotatable bonds is 5. The molecule has 1 aliphatic rings. The summed E-state index contributed by atoms with van der Waals surface area (Å²) in [6.07, 6.45) is 1.68. The van der Waals surface area contributed by atoms with Gasteiger partial charge >= 0.3 is 0 Å². The fourth-order valence-electron chi connectivity index (χ4n) is 3.06. The van der Waals surface area contributed by atoms with Gasteiger partial charge in [-0.05, 0) is 48.0 Å². The van der Waals surface area contributed by atoms with E-state index in [2.05, 4.69) is 10.3 Å². The zero-order chi connectivity index (χ0) is 20.2. The second kappa shape index (κ2) is 8.45. The molecule has 2 amide bonds. The van der Waals surface area contributed by atoms with E-state index in [0.717, 1.165) is 16.2 Å². The highest BCUT2D eigenvalue weighted by Crippen LogP contribution is 2.36. The van der Waals surface area contributed by atoms with Crippen molar-refractivity contribution in [1.82, 2.24) is 10.3 Å². The highest BCUT2D eigenvalue weighted by Gasteiger charge is 2.26. The summed E-state index contributed by atoms with van der Waals surface area (Å²) >= 11 is 1.45. The van der Waals surface area contributed by atoms with E-state index in [1.165, 1.54) is 23.9 Å². The molecule has 0 saturated carbocycles. The molecule has 0 radical (unpaired) electrons. The molecule has 146 valence electrons. The first-order chi connectivity index (χ1) is 14.1. The number of carbonyl (C=O) groups excluding carboxylic acids is 2. The zero-order valence-corrected chi connectivity index (χ0v) is 16.3. The smallest absolute Gasteiger partial charge is 0.251 e. The molecule has 1 aromatic heterocycles. The minimum absolute atomic E-state index is 0.0436. The number of halogens is 1. The van der Waals surface area contributed by atoms with Gasteiger partial charge in [0.1, 0.15) is 5.82 Å². The Morgan fingerprint density at radius 1 is 1.14 bits per heavy atom. The summed E-state index contributed by atoms with van der Waals surface area (Å²) < 4.78 is 13.2. The Labute approximate surface area is 172 Å². The van der Waals surface area contributed by atoms with Gasteiger partial charge in [0.25, 0.3) is 5.91 Å². The molecule has 0 atom stereocenters. The molecular weight excluding hydrogens is 389 g/mol. The van der Waals surface area contributed by atoms with Crippen LogP contribution in [0.15, 0.2) is 71.8 Å². The molecule has 2 heterocycles. The summed E-state index contributed by atoms with van der Waals surface area (Å²) in [5, 5.41) is 2.85. The second-order valence-electron chi connectivity index (χ2n) is 6.58. The Morgan fingerprint density at radius 3 is 2.72 bits per heavy atom. The maximum absolute atomic E-state index is 13.2. The number of nitrogens with zero attached hydrogens (tertiary/aromatic N) is 2. The summed E-state index contributed by atoms with van der Waals surface area (Å²) in [5.41, 5.74) is 2.75. The molecule has 3 aromatic rings. The molecule has 2 aromatic carbocycles. The Kier molecular flexibility index (Phi) is 5.57. The predicted molar refractivity (Wildman–Crippen MR) is 110 cm³/mol. The van der Waals surface area contributed by atoms with Crippen LogP contribution in [0.4, 0.5) is 10.1 Å². The third kappa shape index (κ3) is 4.46. The van der Waals surface area contributed by atoms with Crippen molar-refractivity contribution in [2.45, 2.75) is 18.0 Å². The number of pyridine rings is 1. The standard InChI is InChI=1S/C22H18FN3O2S/c23-17-7-4-15(5-8-17)13-26-19-11-16(6-9-20(19)29-14-21(26)27)22(28)25-12-18-3-1-2-10-24-18/h1-11H,12-14H2,(H,25,28). The van der Waals surface area contributed by atoms with Gasteiger partial charge in [-0.3, -0.25) is 14.6 Å². The van der Waals surface area contributed by atoms with Crippen molar-refractivity contribution in [3.8, 4) is 0 Å². The topological polar surface area (TPSA) is 62.3 Å². The summed E-state index contributed by atoms with van der Waals surface area (Å²) in [4.78, 5) is 31.9. The van der Waals surface area contributed by atoms with Gasteiger partial charge in [-0.25, -0.2) is 4.39 Å². The number of carbonyl (C=O) groups is 2. The molecule has 1 N–H and O–H groups in total. The first-order valence-corrected chi connectivity index (χ1v) is 10.1. The number of hydrogen-bond acceptors (Lipinski definition) is 4. The average Bonchev–Trinajstić information content (AvgIpc) is 2.76. The highest BCUT2D eigenvalue weighted by atomic mass is 32.2. The minimum Gasteiger partial charge on any atom is -0.346 e. The Morgan fingerprint density at radius 2 is 1.97 bits per heavy atom. The van der Waals surface area contributed by atoms with Crippen LogP contribution >= 0.6 is 11.8 Å². The number of amides is 2. The third-order valence-corrected chi connectivity index (χ3v) is 5.62. The summed E-state index contributed by atoms with van der Waals surface area (Å²) in [7, 11) is 0. The fraction of sp³-hybridized carbons (Fsp3) is 0.136. The summed E-state index contributed by atoms with van der Waals surface area (Å²) in [5.74, 6) is -0.262. The quantitative estimate of drug-likeness (QED) is 0.699. The van der Waals surface area contributed by atoms with E-state index < -0.39 is 0 Å². The largest absolute Gasteiger partial charge is 0.346 e. The zero-order valence-electron chi connectivity index (χ0n) is 15.5. The van der Waals surface area contributed by atoms with Crippen LogP contribution in [0.1, 0.15) is 21.6 Å². The van der Waals surface area contributed by atoms with Crippen molar-refractivity contribution in [2.75, 3.05) is 10.7 Å². The van der Waals surface area contributed by atoms with E-state index >= 15 is 0 Å². The van der Waals surface area contributed by atoms with Gasteiger partial charge in [-0.15, -0.1) is 11.8 Å². The number of fused-ring (bicyclic) bond motifs is 1. The molecule has 0 bridgehead atoms. The van der Waals surface area contributed by atoms with Gasteiger partial charge in [-0.2, -0.15) is 0 Å². The minimum atomic E-state index is -0.318. The Balaban J connectivity index is 1.55. The first kappa shape index (κ1) is 19.1. The molecule has 0 spiro atoms. The van der Waals surface area contributed by atoms with Crippen molar-refractivity contribution in [2.24, 2.45) is 0 Å². The van der Waals surface area contributed by atoms with Crippen molar-refractivity contribution in [3.63, 3.8) is 0 Å². The summed E-state index contributed by atoms with van der Waals surface area (Å²) in [6, 6.07) is 16.9. The molecule has 0 saturated heterocycles. The van der Waals surface area contributed by atoms with Crippen LogP contribution in [0.5, 0.6) is 0 Å². The molecule has 1 aliphatic heterocycles. The van der Waals surface area contributed by atoms with Crippen LogP contribution in [0.25, 0.3) is 0 Å². The van der Waals surface area contributed by atoms with Crippen LogP contribution in [-0.4, -0.2) is 22.6 Å². The van der Waals surface area contributed by atoms with Gasteiger partial charge in [0.15, 0.2) is 0 Å². The normalized spacial score (nSPS) is 13.1. The van der Waals surface area contributed by atoms with Crippen molar-refractivity contribution in [1.29, 1.82) is 0 Å². The summed E-state index contributed by atoms with van der Waals surface area (Å²) in [6.45, 7) is 0.648. The van der Waals surface area contributed by atoms with E-state index in [4.69, 9.17) is 0 Å². The Hall–Kier alpha value is -3.19. The molecule has 0 unspecified atom stereocenters. The number of anilines is 1. The van der Waals surface area contributed by atoms with E-state index in [-0.39, 0.29) is 17.6 Å². The van der Waals surface area contributed by atoms with Crippen molar-refractivity contribution < 1.29 is 14.0 Å². The van der Waals surface area contributed by atoms with Gasteiger partial charge in [0.05, 0.1) is 30.2 Å². The fourth-order valence-corrected chi connectivity index (χ4v) is 3.98. The average molecular weight is 407 g/mol. The first-order valence-electron chi connectivity index (χ1n) is 9.10. The van der Waals surface area contributed by atoms with E-state index in [0.29, 0.717) is 30.1 Å². The lowest BCUT2D eigenvalue weighted by Gasteiger charge is -2.29. The number of hydrogen-bond donors (Lipinski definition) is 1. The second-order valence-corrected chi connectivity index (χ2v) is 7.60. The molecule has 7 heteroatoms. The number of nitrogens with one attached hydrogen (secondary N) is 1. The van der Waals surface area contributed by atoms with E-state index in [9.17, 15) is 14.0 Å². The lowest BCUT2D eigenvalue weighted by Crippen LogP contribution is -2.35. The van der Waals surface area contributed by atoms with Gasteiger partial charge in [0, 0.05) is 16.7 Å². The van der Waals surface area contributed by atoms with Gasteiger partial charge in [0.2, 0.25) is 5.91 Å². The molecule has 29 heavy (non-hydrogen) atoms. The molecule has 5 nitrogen and oxygen atoms in total. The lowest BCUT2D eigenvalue weighted by molar-refractivity contribution is -0.116. The van der Waals surface area contributed by atoms with Crippen LogP contribution in [0, 0.1) is 5.82 Å². The van der Waals surface area contributed by atoms with Crippen molar-refractivity contribution in [3.05, 3.63) is 89.5 Å². The molecule has 0 fully saturated rings. The maximum atomic E-state index is 13.2. The number of aromatic nitrogens is 1. The monoisotopic (exact) mass is 407 g/mol. The Bertz CT molecular complexity index is 1040. The molecular formula is C22H18FN3O2S. The third-order valence-electron chi connectivity index (χ3n) is 4.57. The maximum Gasteiger partial charge on any atom is 0.251 e. The number of benzene rings is 2. The molecule has 0 aliphatic carbocycles. The van der Waals surface area contributed by atoms with E-state index in [1.807, 2.05) is 24.3 Å². The van der Waals surface area contributed by atoms with Crippen molar-refractivity contribution >= 4 is 29.3 Å². The lowest BCUT2D eigenvalue weighted by atomic mass is 10.1. The van der Waals surface area contributed by atoms with Crippen LogP contribution in [0.3, 0.4) is 0 Å². The van der Waals surface area contributed by atoms with E-state index in [1.54, 1.807) is 35.4 Å². The highest BCUT2D eigenvalue weighted by molar-refractivity contribution is 8.00. The number of thioether (sulfide) groups is 1. The van der Waals surface area contributed by atoms with Crippen LogP contribution < -0.4 is 10.2 Å².